The maximum Gasteiger partial charge on any atom is 0.408 e. The van der Waals surface area contributed by atoms with Crippen LogP contribution in [0.25, 0.3) is 0 Å². The fourth-order valence-electron chi connectivity index (χ4n) is 2.71. The highest BCUT2D eigenvalue weighted by molar-refractivity contribution is 5.81. The molecular formula is C17H32N2O4. The second-order valence-electron chi connectivity index (χ2n) is 7.12. The molecule has 0 aliphatic carbocycles. The van der Waals surface area contributed by atoms with Gasteiger partial charge >= 0.3 is 12.1 Å². The molecule has 0 aromatic rings. The molecule has 1 N–H and O–H groups in total. The minimum absolute atomic E-state index is 0.422. The third kappa shape index (κ3) is 8.79. The van der Waals surface area contributed by atoms with Crippen LogP contribution >= 0.6 is 0 Å². The number of esters is 1. The minimum Gasteiger partial charge on any atom is -0.467 e. The maximum absolute atomic E-state index is 11.8. The molecule has 1 heterocycles. The van der Waals surface area contributed by atoms with Crippen LogP contribution in [0.3, 0.4) is 0 Å². The SMILES string of the molecule is COC(=O)[C@@H](CCCCN1CCCCC1)NC(=O)OC(C)(C)C. The first-order valence-corrected chi connectivity index (χ1v) is 8.61. The molecule has 23 heavy (non-hydrogen) atoms. The lowest BCUT2D eigenvalue weighted by Gasteiger charge is -2.26. The predicted molar refractivity (Wildman–Crippen MR) is 89.3 cm³/mol. The summed E-state index contributed by atoms with van der Waals surface area (Å²) in [7, 11) is 1.33. The lowest BCUT2D eigenvalue weighted by Crippen LogP contribution is -2.44. The van der Waals surface area contributed by atoms with Crippen molar-refractivity contribution in [3.63, 3.8) is 0 Å². The summed E-state index contributed by atoms with van der Waals surface area (Å²) < 4.78 is 9.97. The van der Waals surface area contributed by atoms with E-state index in [1.807, 2.05) is 0 Å². The van der Waals surface area contributed by atoms with Gasteiger partial charge in [0.2, 0.25) is 0 Å². The average molecular weight is 328 g/mol. The van der Waals surface area contributed by atoms with Crippen LogP contribution in [0.1, 0.15) is 59.3 Å². The Bertz CT molecular complexity index is 373. The first kappa shape index (κ1) is 19.7. The number of carbonyl (C=O) groups excluding carboxylic acids is 2. The van der Waals surface area contributed by atoms with Crippen molar-refractivity contribution in [1.82, 2.24) is 10.2 Å². The second kappa shape index (κ2) is 9.75. The molecule has 134 valence electrons. The Balaban J connectivity index is 2.33. The largest absolute Gasteiger partial charge is 0.467 e. The average Bonchev–Trinajstić information content (AvgIpc) is 2.48. The number of hydrogen-bond donors (Lipinski definition) is 1. The molecule has 6 nitrogen and oxygen atoms in total. The Morgan fingerprint density at radius 2 is 1.78 bits per heavy atom. The molecule has 0 radical (unpaired) electrons. The van der Waals surface area contributed by atoms with Gasteiger partial charge in [-0.2, -0.15) is 0 Å². The number of likely N-dealkylation sites (tertiary alicyclic amines) is 1. The zero-order chi connectivity index (χ0) is 17.3. The van der Waals surface area contributed by atoms with Gasteiger partial charge in [0.05, 0.1) is 7.11 Å². The van der Waals surface area contributed by atoms with Gasteiger partial charge in [-0.1, -0.05) is 6.42 Å². The van der Waals surface area contributed by atoms with Crippen LogP contribution < -0.4 is 5.32 Å². The monoisotopic (exact) mass is 328 g/mol. The van der Waals surface area contributed by atoms with E-state index in [1.54, 1.807) is 20.8 Å². The third-order valence-corrected chi connectivity index (χ3v) is 3.84. The summed E-state index contributed by atoms with van der Waals surface area (Å²) in [6, 6.07) is -0.642. The quantitative estimate of drug-likeness (QED) is 0.575. The standard InChI is InChI=1S/C17H32N2O4/c1-17(2,3)23-16(21)18-14(15(20)22-4)10-6-9-13-19-11-7-5-8-12-19/h14H,5-13H2,1-4H3,(H,18,21)/t14-/m1/s1. The van der Waals surface area contributed by atoms with Crippen molar-refractivity contribution in [3.05, 3.63) is 0 Å². The number of ether oxygens (including phenoxy) is 2. The maximum atomic E-state index is 11.8. The minimum atomic E-state index is -0.642. The number of amides is 1. The molecule has 0 saturated carbocycles. The fourth-order valence-corrected chi connectivity index (χ4v) is 2.71. The predicted octanol–water partition coefficient (Wildman–Crippen LogP) is 2.71. The molecule has 0 unspecified atom stereocenters. The summed E-state index contributed by atoms with van der Waals surface area (Å²) in [5.74, 6) is -0.422. The summed E-state index contributed by atoms with van der Waals surface area (Å²) in [6.45, 7) is 8.78. The van der Waals surface area contributed by atoms with E-state index in [9.17, 15) is 9.59 Å². The van der Waals surface area contributed by atoms with Gasteiger partial charge < -0.3 is 19.7 Å². The van der Waals surface area contributed by atoms with E-state index in [4.69, 9.17) is 9.47 Å². The number of nitrogens with zero attached hydrogens (tertiary/aromatic N) is 1. The molecule has 6 heteroatoms. The van der Waals surface area contributed by atoms with Crippen molar-refractivity contribution in [2.24, 2.45) is 0 Å². The molecule has 0 spiro atoms. The van der Waals surface area contributed by atoms with Crippen molar-refractivity contribution in [2.45, 2.75) is 70.9 Å². The lowest BCUT2D eigenvalue weighted by molar-refractivity contribution is -0.143. The molecule has 0 bridgehead atoms. The van der Waals surface area contributed by atoms with Gasteiger partial charge in [-0.05, 0) is 72.5 Å². The summed E-state index contributed by atoms with van der Waals surface area (Å²) in [4.78, 5) is 26.1. The van der Waals surface area contributed by atoms with E-state index in [1.165, 1.54) is 39.5 Å². The molecule has 1 rings (SSSR count). The fraction of sp³-hybridized carbons (Fsp3) is 0.882. The number of unbranched alkanes of at least 4 members (excludes halogenated alkanes) is 1. The Hall–Kier alpha value is -1.30. The number of piperidine rings is 1. The lowest BCUT2D eigenvalue weighted by atomic mass is 10.1. The van der Waals surface area contributed by atoms with E-state index in [-0.39, 0.29) is 0 Å². The number of rotatable bonds is 7. The van der Waals surface area contributed by atoms with Gasteiger partial charge in [0.1, 0.15) is 11.6 Å². The van der Waals surface area contributed by atoms with Crippen LogP contribution in [0.5, 0.6) is 0 Å². The van der Waals surface area contributed by atoms with Gasteiger partial charge in [-0.15, -0.1) is 0 Å². The van der Waals surface area contributed by atoms with Crippen molar-refractivity contribution < 1.29 is 19.1 Å². The summed E-state index contributed by atoms with van der Waals surface area (Å²) in [5, 5.41) is 2.61. The van der Waals surface area contributed by atoms with Crippen molar-refractivity contribution in [1.29, 1.82) is 0 Å². The molecule has 1 aliphatic heterocycles. The molecule has 1 saturated heterocycles. The molecule has 1 atom stereocenters. The zero-order valence-corrected chi connectivity index (χ0v) is 15.0. The van der Waals surface area contributed by atoms with Gasteiger partial charge in [0.25, 0.3) is 0 Å². The zero-order valence-electron chi connectivity index (χ0n) is 15.0. The van der Waals surface area contributed by atoms with Crippen LogP contribution in [0.4, 0.5) is 4.79 Å². The van der Waals surface area contributed by atoms with E-state index in [0.717, 1.165) is 19.4 Å². The number of carbonyl (C=O) groups is 2. The van der Waals surface area contributed by atoms with Gasteiger partial charge in [-0.25, -0.2) is 9.59 Å². The summed E-state index contributed by atoms with van der Waals surface area (Å²) >= 11 is 0. The highest BCUT2D eigenvalue weighted by Gasteiger charge is 2.24. The van der Waals surface area contributed by atoms with Gasteiger partial charge in [-0.3, -0.25) is 0 Å². The van der Waals surface area contributed by atoms with E-state index < -0.39 is 23.7 Å². The highest BCUT2D eigenvalue weighted by atomic mass is 16.6. The smallest absolute Gasteiger partial charge is 0.408 e. The summed E-state index contributed by atoms with van der Waals surface area (Å²) in [5.41, 5.74) is -0.584. The summed E-state index contributed by atoms with van der Waals surface area (Å²) in [6.07, 6.45) is 5.77. The van der Waals surface area contributed by atoms with Crippen LogP contribution in [0, 0.1) is 0 Å². The van der Waals surface area contributed by atoms with Gasteiger partial charge in [0.15, 0.2) is 0 Å². The van der Waals surface area contributed by atoms with Crippen molar-refractivity contribution in [2.75, 3.05) is 26.7 Å². The Kier molecular flexibility index (Phi) is 8.37. The van der Waals surface area contributed by atoms with Gasteiger partial charge in [0, 0.05) is 0 Å². The topological polar surface area (TPSA) is 67.9 Å². The highest BCUT2D eigenvalue weighted by Crippen LogP contribution is 2.12. The first-order chi connectivity index (χ1) is 10.8. The normalized spacial score (nSPS) is 17.4. The molecule has 1 fully saturated rings. The van der Waals surface area contributed by atoms with Crippen molar-refractivity contribution in [3.8, 4) is 0 Å². The molecule has 0 aromatic heterocycles. The molecule has 1 amide bonds. The van der Waals surface area contributed by atoms with Crippen LogP contribution in [0.2, 0.25) is 0 Å². The molecule has 1 aliphatic rings. The number of alkyl carbamates (subject to hydrolysis) is 1. The number of hydrogen-bond acceptors (Lipinski definition) is 5. The number of methoxy groups -OCH3 is 1. The van der Waals surface area contributed by atoms with Crippen LogP contribution in [-0.4, -0.2) is 55.3 Å². The third-order valence-electron chi connectivity index (χ3n) is 3.84. The van der Waals surface area contributed by atoms with E-state index >= 15 is 0 Å². The molecule has 0 aromatic carbocycles. The van der Waals surface area contributed by atoms with E-state index in [0.29, 0.717) is 6.42 Å². The molecular weight excluding hydrogens is 296 g/mol. The van der Waals surface area contributed by atoms with Crippen molar-refractivity contribution >= 4 is 12.1 Å². The number of nitrogens with one attached hydrogen (secondary N) is 1. The Morgan fingerprint density at radius 1 is 1.13 bits per heavy atom. The second-order valence-corrected chi connectivity index (χ2v) is 7.12. The van der Waals surface area contributed by atoms with E-state index in [2.05, 4.69) is 10.2 Å². The van der Waals surface area contributed by atoms with Crippen LogP contribution in [0.15, 0.2) is 0 Å². The van der Waals surface area contributed by atoms with Crippen LogP contribution in [-0.2, 0) is 14.3 Å². The first-order valence-electron chi connectivity index (χ1n) is 8.61. The Labute approximate surface area is 139 Å². The Morgan fingerprint density at radius 3 is 2.35 bits per heavy atom.